The predicted molar refractivity (Wildman–Crippen MR) is 55.9 cm³/mol. The van der Waals surface area contributed by atoms with Gasteiger partial charge in [-0.15, -0.1) is 0 Å². The summed E-state index contributed by atoms with van der Waals surface area (Å²) in [6.07, 6.45) is 3.00. The Hall–Kier alpha value is -1.32. The highest BCUT2D eigenvalue weighted by Crippen LogP contribution is 2.35. The predicted octanol–water partition coefficient (Wildman–Crippen LogP) is 1.49. The van der Waals surface area contributed by atoms with Crippen LogP contribution in [0.15, 0.2) is 0 Å². The quantitative estimate of drug-likeness (QED) is 0.818. The van der Waals surface area contributed by atoms with Crippen LogP contribution < -0.4 is 0 Å². The highest BCUT2D eigenvalue weighted by atomic mass is 16.4. The average Bonchev–Trinajstić information content (AvgIpc) is 2.68. The molecule has 0 radical (unpaired) electrons. The van der Waals surface area contributed by atoms with Crippen molar-refractivity contribution < 1.29 is 9.90 Å². The van der Waals surface area contributed by atoms with Gasteiger partial charge in [-0.2, -0.15) is 0 Å². The molecule has 0 aromatic carbocycles. The van der Waals surface area contributed by atoms with Crippen molar-refractivity contribution in [2.24, 2.45) is 7.05 Å². The highest BCUT2D eigenvalue weighted by molar-refractivity contribution is 5.68. The molecule has 1 aliphatic rings. The molecule has 1 heterocycles. The molecule has 0 fully saturated rings. The van der Waals surface area contributed by atoms with Crippen molar-refractivity contribution in [1.82, 2.24) is 9.55 Å². The minimum absolute atomic E-state index is 0.162. The molecule has 1 aliphatic carbocycles. The van der Waals surface area contributed by atoms with Crippen LogP contribution in [0.5, 0.6) is 0 Å². The van der Waals surface area contributed by atoms with E-state index in [0.29, 0.717) is 0 Å². The number of rotatable bonds is 3. The molecule has 1 atom stereocenters. The van der Waals surface area contributed by atoms with Crippen molar-refractivity contribution in [3.8, 4) is 0 Å². The van der Waals surface area contributed by atoms with Gasteiger partial charge in [0, 0.05) is 25.1 Å². The van der Waals surface area contributed by atoms with Gasteiger partial charge < -0.3 is 9.67 Å². The van der Waals surface area contributed by atoms with E-state index < -0.39 is 5.97 Å². The number of nitrogens with zero attached hydrogens (tertiary/aromatic N) is 2. The SMILES string of the molecule is CCc1nc2c(n1C)C(CC(=O)O)CC2. The smallest absolute Gasteiger partial charge is 0.304 e. The Balaban J connectivity index is 2.32. The molecule has 4 heteroatoms. The third kappa shape index (κ3) is 1.64. The first-order valence-corrected chi connectivity index (χ1v) is 5.39. The normalized spacial score (nSPS) is 19.2. The number of hydrogen-bond acceptors (Lipinski definition) is 2. The van der Waals surface area contributed by atoms with Crippen molar-refractivity contribution in [1.29, 1.82) is 0 Å². The Labute approximate surface area is 88.9 Å². The average molecular weight is 208 g/mol. The van der Waals surface area contributed by atoms with Gasteiger partial charge in [0.25, 0.3) is 0 Å². The number of imidazole rings is 1. The minimum atomic E-state index is -0.716. The number of fused-ring (bicyclic) bond motifs is 1. The molecule has 0 bridgehead atoms. The fourth-order valence-electron chi connectivity index (χ4n) is 2.49. The molecule has 0 aliphatic heterocycles. The first-order chi connectivity index (χ1) is 7.13. The van der Waals surface area contributed by atoms with Gasteiger partial charge in [-0.25, -0.2) is 4.98 Å². The number of hydrogen-bond donors (Lipinski definition) is 1. The maximum atomic E-state index is 10.7. The topological polar surface area (TPSA) is 55.1 Å². The molecule has 0 saturated carbocycles. The van der Waals surface area contributed by atoms with Crippen molar-refractivity contribution >= 4 is 5.97 Å². The lowest BCUT2D eigenvalue weighted by Crippen LogP contribution is -2.08. The van der Waals surface area contributed by atoms with E-state index in [4.69, 9.17) is 5.11 Å². The summed E-state index contributed by atoms with van der Waals surface area (Å²) in [5.41, 5.74) is 2.26. The zero-order valence-electron chi connectivity index (χ0n) is 9.16. The molecule has 1 unspecified atom stereocenters. The van der Waals surface area contributed by atoms with Crippen LogP contribution in [0.25, 0.3) is 0 Å². The van der Waals surface area contributed by atoms with Crippen LogP contribution in [0.1, 0.15) is 42.9 Å². The summed E-state index contributed by atoms with van der Waals surface area (Å²) in [7, 11) is 1.99. The Bertz CT molecular complexity index is 396. The number of aliphatic carboxylic acids is 1. The van der Waals surface area contributed by atoms with Gasteiger partial charge in [0.15, 0.2) is 0 Å². The third-order valence-corrected chi connectivity index (χ3v) is 3.16. The molecule has 1 aromatic rings. The van der Waals surface area contributed by atoms with E-state index in [0.717, 1.165) is 36.5 Å². The van der Waals surface area contributed by atoms with Crippen molar-refractivity contribution in [2.75, 3.05) is 0 Å². The van der Waals surface area contributed by atoms with Crippen LogP contribution in [0.4, 0.5) is 0 Å². The molecule has 0 amide bonds. The molecule has 0 saturated heterocycles. The molecular weight excluding hydrogens is 192 g/mol. The number of aryl methyl sites for hydroxylation is 2. The van der Waals surface area contributed by atoms with Crippen LogP contribution in [0, 0.1) is 0 Å². The Morgan fingerprint density at radius 2 is 2.40 bits per heavy atom. The lowest BCUT2D eigenvalue weighted by molar-refractivity contribution is -0.137. The summed E-state index contributed by atoms with van der Waals surface area (Å²) in [6.45, 7) is 2.07. The Morgan fingerprint density at radius 3 is 3.00 bits per heavy atom. The van der Waals surface area contributed by atoms with Gasteiger partial charge in [-0.3, -0.25) is 4.79 Å². The fourth-order valence-corrected chi connectivity index (χ4v) is 2.49. The van der Waals surface area contributed by atoms with Gasteiger partial charge >= 0.3 is 5.97 Å². The second kappa shape index (κ2) is 3.68. The van der Waals surface area contributed by atoms with Gasteiger partial charge in [-0.1, -0.05) is 6.92 Å². The van der Waals surface area contributed by atoms with E-state index >= 15 is 0 Å². The molecule has 15 heavy (non-hydrogen) atoms. The standard InChI is InChI=1S/C11H16N2O2/c1-3-9-12-8-5-4-7(6-10(14)15)11(8)13(9)2/h7H,3-6H2,1-2H3,(H,14,15). The molecule has 2 rings (SSSR count). The number of carboxylic acids is 1. The largest absolute Gasteiger partial charge is 0.481 e. The van der Waals surface area contributed by atoms with E-state index in [1.54, 1.807) is 0 Å². The van der Waals surface area contributed by atoms with Gasteiger partial charge in [0.2, 0.25) is 0 Å². The van der Waals surface area contributed by atoms with Crippen LogP contribution >= 0.6 is 0 Å². The molecule has 4 nitrogen and oxygen atoms in total. The van der Waals surface area contributed by atoms with E-state index in [1.807, 2.05) is 7.05 Å². The summed E-state index contributed by atoms with van der Waals surface area (Å²) in [4.78, 5) is 15.3. The number of carboxylic acid groups (broad SMARTS) is 1. The monoisotopic (exact) mass is 208 g/mol. The van der Waals surface area contributed by atoms with E-state index in [2.05, 4.69) is 16.5 Å². The first-order valence-electron chi connectivity index (χ1n) is 5.39. The van der Waals surface area contributed by atoms with Crippen molar-refractivity contribution in [2.45, 2.75) is 38.5 Å². The van der Waals surface area contributed by atoms with E-state index in [1.165, 1.54) is 0 Å². The highest BCUT2D eigenvalue weighted by Gasteiger charge is 2.29. The molecular formula is C11H16N2O2. The zero-order chi connectivity index (χ0) is 11.0. The van der Waals surface area contributed by atoms with Gasteiger partial charge in [0.1, 0.15) is 5.82 Å². The van der Waals surface area contributed by atoms with Crippen LogP contribution in [-0.2, 0) is 24.7 Å². The van der Waals surface area contributed by atoms with Crippen molar-refractivity contribution in [3.05, 3.63) is 17.2 Å². The zero-order valence-corrected chi connectivity index (χ0v) is 9.16. The summed E-state index contributed by atoms with van der Waals surface area (Å²) in [5.74, 6) is 0.512. The van der Waals surface area contributed by atoms with E-state index in [-0.39, 0.29) is 12.3 Å². The van der Waals surface area contributed by atoms with Crippen LogP contribution in [0.2, 0.25) is 0 Å². The summed E-state index contributed by atoms with van der Waals surface area (Å²) in [6, 6.07) is 0. The lowest BCUT2D eigenvalue weighted by Gasteiger charge is -2.10. The van der Waals surface area contributed by atoms with Crippen LogP contribution in [0.3, 0.4) is 0 Å². The Kier molecular flexibility index (Phi) is 2.50. The number of aromatic nitrogens is 2. The third-order valence-electron chi connectivity index (χ3n) is 3.16. The second-order valence-corrected chi connectivity index (χ2v) is 4.11. The lowest BCUT2D eigenvalue weighted by atomic mass is 10.0. The molecule has 1 aromatic heterocycles. The second-order valence-electron chi connectivity index (χ2n) is 4.11. The van der Waals surface area contributed by atoms with Crippen molar-refractivity contribution in [3.63, 3.8) is 0 Å². The maximum Gasteiger partial charge on any atom is 0.304 e. The minimum Gasteiger partial charge on any atom is -0.481 e. The summed E-state index contributed by atoms with van der Waals surface area (Å²) in [5, 5.41) is 8.82. The maximum absolute atomic E-state index is 10.7. The van der Waals surface area contributed by atoms with Crippen LogP contribution in [-0.4, -0.2) is 20.6 Å². The Morgan fingerprint density at radius 1 is 1.67 bits per heavy atom. The van der Waals surface area contributed by atoms with Gasteiger partial charge in [-0.05, 0) is 12.8 Å². The van der Waals surface area contributed by atoms with E-state index in [9.17, 15) is 4.79 Å². The first kappa shape index (κ1) is 10.2. The van der Waals surface area contributed by atoms with Gasteiger partial charge in [0.05, 0.1) is 12.1 Å². The summed E-state index contributed by atoms with van der Waals surface area (Å²) < 4.78 is 2.08. The molecule has 82 valence electrons. The number of carbonyl (C=O) groups is 1. The molecule has 0 spiro atoms. The fraction of sp³-hybridized carbons (Fsp3) is 0.636. The molecule has 1 N–H and O–H groups in total. The summed E-state index contributed by atoms with van der Waals surface area (Å²) >= 11 is 0.